The average Bonchev–Trinajstić information content (AvgIpc) is 2.40. The van der Waals surface area contributed by atoms with Crippen molar-refractivity contribution < 1.29 is 4.74 Å². The monoisotopic (exact) mass is 286 g/mol. The first-order valence-electron chi connectivity index (χ1n) is 7.02. The van der Waals surface area contributed by atoms with E-state index in [9.17, 15) is 0 Å². The summed E-state index contributed by atoms with van der Waals surface area (Å²) in [7, 11) is 1.96. The number of hydrogen-bond acceptors (Lipinski definition) is 5. The second-order valence-electron chi connectivity index (χ2n) is 5.41. The van der Waals surface area contributed by atoms with Crippen molar-refractivity contribution in [2.75, 3.05) is 17.7 Å². The number of nitrogens with two attached hydrogens (primary N) is 1. The largest absolute Gasteiger partial charge is 0.475 e. The molecule has 0 aliphatic heterocycles. The molecule has 0 aliphatic rings. The maximum absolute atomic E-state index is 5.70. The maximum Gasteiger partial charge on any atom is 0.228 e. The Kier molecular flexibility index (Phi) is 4.62. The highest BCUT2D eigenvalue weighted by atomic mass is 16.5. The highest BCUT2D eigenvalue weighted by Gasteiger charge is 2.09. The molecule has 0 bridgehead atoms. The molecule has 0 unspecified atom stereocenters. The van der Waals surface area contributed by atoms with E-state index in [-0.39, 0.29) is 6.10 Å². The van der Waals surface area contributed by atoms with Crippen molar-refractivity contribution >= 4 is 11.6 Å². The molecule has 0 spiro atoms. The van der Waals surface area contributed by atoms with Crippen molar-refractivity contribution in [1.82, 2.24) is 9.97 Å². The molecule has 2 rings (SSSR count). The molecule has 1 heterocycles. The zero-order valence-corrected chi connectivity index (χ0v) is 13.0. The SMILES string of the molecule is Cc1cc(OC(C)C)nc(N(C)Cc2ccc(N)cc2)n1. The van der Waals surface area contributed by atoms with Gasteiger partial charge in [-0.15, -0.1) is 0 Å². The number of aromatic nitrogens is 2. The molecular weight excluding hydrogens is 264 g/mol. The van der Waals surface area contributed by atoms with Crippen LogP contribution in [0.15, 0.2) is 30.3 Å². The number of nitrogens with zero attached hydrogens (tertiary/aromatic N) is 3. The van der Waals surface area contributed by atoms with Gasteiger partial charge in [0.25, 0.3) is 0 Å². The van der Waals surface area contributed by atoms with Crippen LogP contribution in [0, 0.1) is 6.92 Å². The predicted octanol–water partition coefficient (Wildman–Crippen LogP) is 2.79. The molecule has 1 aromatic carbocycles. The minimum absolute atomic E-state index is 0.0922. The van der Waals surface area contributed by atoms with Gasteiger partial charge in [0.15, 0.2) is 0 Å². The van der Waals surface area contributed by atoms with Crippen LogP contribution in [0.4, 0.5) is 11.6 Å². The summed E-state index contributed by atoms with van der Waals surface area (Å²) in [6.07, 6.45) is 0.0922. The Morgan fingerprint density at radius 3 is 2.48 bits per heavy atom. The molecule has 5 heteroatoms. The summed E-state index contributed by atoms with van der Waals surface area (Å²) in [4.78, 5) is 10.9. The molecule has 0 radical (unpaired) electrons. The first kappa shape index (κ1) is 15.1. The summed E-state index contributed by atoms with van der Waals surface area (Å²) < 4.78 is 5.66. The first-order valence-corrected chi connectivity index (χ1v) is 7.02. The molecule has 2 aromatic rings. The van der Waals surface area contributed by atoms with Gasteiger partial charge in [0.2, 0.25) is 11.8 Å². The summed E-state index contributed by atoms with van der Waals surface area (Å²) in [6, 6.07) is 9.65. The second kappa shape index (κ2) is 6.43. The smallest absolute Gasteiger partial charge is 0.228 e. The van der Waals surface area contributed by atoms with Gasteiger partial charge in [-0.25, -0.2) is 4.98 Å². The van der Waals surface area contributed by atoms with Crippen molar-refractivity contribution in [3.8, 4) is 5.88 Å². The van der Waals surface area contributed by atoms with Gasteiger partial charge >= 0.3 is 0 Å². The Labute approximate surface area is 125 Å². The van der Waals surface area contributed by atoms with E-state index < -0.39 is 0 Å². The fourth-order valence-electron chi connectivity index (χ4n) is 1.96. The molecule has 0 saturated heterocycles. The number of anilines is 2. The normalized spacial score (nSPS) is 10.7. The fourth-order valence-corrected chi connectivity index (χ4v) is 1.96. The molecular formula is C16H22N4O. The average molecular weight is 286 g/mol. The number of benzene rings is 1. The molecule has 21 heavy (non-hydrogen) atoms. The standard InChI is InChI=1S/C16H22N4O/c1-11(2)21-15-9-12(3)18-16(19-15)20(4)10-13-5-7-14(17)8-6-13/h5-9,11H,10,17H2,1-4H3. The molecule has 1 aromatic heterocycles. The Morgan fingerprint density at radius 1 is 1.19 bits per heavy atom. The van der Waals surface area contributed by atoms with Crippen LogP contribution < -0.4 is 15.4 Å². The lowest BCUT2D eigenvalue weighted by atomic mass is 10.2. The third-order valence-corrected chi connectivity index (χ3v) is 2.92. The van der Waals surface area contributed by atoms with E-state index in [0.717, 1.165) is 16.9 Å². The zero-order valence-electron chi connectivity index (χ0n) is 13.0. The molecule has 112 valence electrons. The third kappa shape index (κ3) is 4.34. The molecule has 0 saturated carbocycles. The number of nitrogen functional groups attached to an aromatic ring is 1. The van der Waals surface area contributed by atoms with Crippen molar-refractivity contribution in [3.05, 3.63) is 41.6 Å². The Bertz CT molecular complexity index is 596. The lowest BCUT2D eigenvalue weighted by molar-refractivity contribution is 0.232. The molecule has 0 aliphatic carbocycles. The summed E-state index contributed by atoms with van der Waals surface area (Å²) in [5.74, 6) is 1.26. The molecule has 5 nitrogen and oxygen atoms in total. The highest BCUT2D eigenvalue weighted by Crippen LogP contribution is 2.17. The van der Waals surface area contributed by atoms with Crippen LogP contribution in [0.5, 0.6) is 5.88 Å². The minimum atomic E-state index is 0.0922. The van der Waals surface area contributed by atoms with E-state index in [2.05, 4.69) is 9.97 Å². The summed E-state index contributed by atoms with van der Waals surface area (Å²) in [5.41, 5.74) is 8.51. The predicted molar refractivity (Wildman–Crippen MR) is 85.5 cm³/mol. The Morgan fingerprint density at radius 2 is 1.86 bits per heavy atom. The summed E-state index contributed by atoms with van der Waals surface area (Å²) in [5, 5.41) is 0. The number of aryl methyl sites for hydroxylation is 1. The van der Waals surface area contributed by atoms with Gasteiger partial charge in [0.1, 0.15) is 0 Å². The summed E-state index contributed by atoms with van der Waals surface area (Å²) in [6.45, 7) is 6.62. The second-order valence-corrected chi connectivity index (χ2v) is 5.41. The van der Waals surface area contributed by atoms with Crippen molar-refractivity contribution in [2.45, 2.75) is 33.4 Å². The quantitative estimate of drug-likeness (QED) is 0.856. The van der Waals surface area contributed by atoms with Gasteiger partial charge in [0.05, 0.1) is 6.10 Å². The van der Waals surface area contributed by atoms with E-state index in [0.29, 0.717) is 18.4 Å². The van der Waals surface area contributed by atoms with E-state index in [1.165, 1.54) is 0 Å². The Hall–Kier alpha value is -2.30. The molecule has 0 amide bonds. The van der Waals surface area contributed by atoms with Gasteiger partial charge in [-0.3, -0.25) is 0 Å². The van der Waals surface area contributed by atoms with Crippen LogP contribution >= 0.6 is 0 Å². The van der Waals surface area contributed by atoms with Crippen molar-refractivity contribution in [1.29, 1.82) is 0 Å². The van der Waals surface area contributed by atoms with Gasteiger partial charge in [-0.1, -0.05) is 12.1 Å². The van der Waals surface area contributed by atoms with Crippen LogP contribution in [-0.4, -0.2) is 23.1 Å². The number of hydrogen-bond donors (Lipinski definition) is 1. The van der Waals surface area contributed by atoms with Crippen LogP contribution in [-0.2, 0) is 6.54 Å². The molecule has 2 N–H and O–H groups in total. The zero-order chi connectivity index (χ0) is 15.4. The van der Waals surface area contributed by atoms with E-state index >= 15 is 0 Å². The fraction of sp³-hybridized carbons (Fsp3) is 0.375. The molecule has 0 atom stereocenters. The van der Waals surface area contributed by atoms with Crippen LogP contribution in [0.1, 0.15) is 25.1 Å². The topological polar surface area (TPSA) is 64.3 Å². The number of ether oxygens (including phenoxy) is 1. The van der Waals surface area contributed by atoms with Crippen LogP contribution in [0.2, 0.25) is 0 Å². The van der Waals surface area contributed by atoms with Gasteiger partial charge in [-0.05, 0) is 38.5 Å². The summed E-state index contributed by atoms with van der Waals surface area (Å²) >= 11 is 0. The van der Waals surface area contributed by atoms with Gasteiger partial charge in [0, 0.05) is 31.0 Å². The lowest BCUT2D eigenvalue weighted by Crippen LogP contribution is -2.20. The van der Waals surface area contributed by atoms with E-state index in [1.807, 2.05) is 63.1 Å². The maximum atomic E-state index is 5.70. The highest BCUT2D eigenvalue weighted by molar-refractivity contribution is 5.41. The number of rotatable bonds is 5. The van der Waals surface area contributed by atoms with E-state index in [4.69, 9.17) is 10.5 Å². The van der Waals surface area contributed by atoms with Gasteiger partial charge < -0.3 is 15.4 Å². The molecule has 0 fully saturated rings. The van der Waals surface area contributed by atoms with Crippen molar-refractivity contribution in [2.24, 2.45) is 0 Å². The third-order valence-electron chi connectivity index (χ3n) is 2.92. The Balaban J connectivity index is 2.16. The first-order chi connectivity index (χ1) is 9.94. The minimum Gasteiger partial charge on any atom is -0.475 e. The van der Waals surface area contributed by atoms with Crippen LogP contribution in [0.3, 0.4) is 0 Å². The van der Waals surface area contributed by atoms with Crippen LogP contribution in [0.25, 0.3) is 0 Å². The van der Waals surface area contributed by atoms with Crippen molar-refractivity contribution in [3.63, 3.8) is 0 Å². The van der Waals surface area contributed by atoms with Gasteiger partial charge in [-0.2, -0.15) is 4.98 Å². The lowest BCUT2D eigenvalue weighted by Gasteiger charge is -2.19. The van der Waals surface area contributed by atoms with E-state index in [1.54, 1.807) is 0 Å².